The molecule has 0 spiro atoms. The van der Waals surface area contributed by atoms with Gasteiger partial charge in [0.15, 0.2) is 0 Å². The highest BCUT2D eigenvalue weighted by atomic mass is 16.5. The van der Waals surface area contributed by atoms with Crippen LogP contribution in [0.4, 0.5) is 0 Å². The minimum Gasteiger partial charge on any atom is -0.468 e. The van der Waals surface area contributed by atoms with Crippen molar-refractivity contribution in [3.05, 3.63) is 59.7 Å². The van der Waals surface area contributed by atoms with Crippen molar-refractivity contribution in [3.8, 4) is 17.6 Å². The molecule has 2 aromatic rings. The van der Waals surface area contributed by atoms with Crippen LogP contribution in [-0.2, 0) is 14.3 Å². The normalized spacial score (nSPS) is 8.88. The molecular weight excluding hydrogens is 308 g/mol. The van der Waals surface area contributed by atoms with Crippen LogP contribution in [0.1, 0.15) is 11.1 Å². The van der Waals surface area contributed by atoms with E-state index >= 15 is 0 Å². The fourth-order valence-electron chi connectivity index (χ4n) is 1.54. The van der Waals surface area contributed by atoms with Gasteiger partial charge in [-0.15, -0.1) is 0 Å². The van der Waals surface area contributed by atoms with Crippen molar-refractivity contribution in [2.45, 2.75) is 6.92 Å². The Morgan fingerprint density at radius 3 is 2.12 bits per heavy atom. The van der Waals surface area contributed by atoms with E-state index in [4.69, 9.17) is 10.00 Å². The van der Waals surface area contributed by atoms with Crippen molar-refractivity contribution in [2.24, 2.45) is 0 Å². The van der Waals surface area contributed by atoms with Gasteiger partial charge in [0.2, 0.25) is 6.41 Å². The zero-order valence-electron chi connectivity index (χ0n) is 13.5. The molecule has 6 nitrogen and oxygen atoms in total. The number of benzene rings is 2. The van der Waals surface area contributed by atoms with Crippen LogP contribution in [-0.4, -0.2) is 26.0 Å². The van der Waals surface area contributed by atoms with Gasteiger partial charge in [0.25, 0.3) is 0 Å². The first-order chi connectivity index (χ1) is 11.6. The van der Waals surface area contributed by atoms with Crippen LogP contribution in [0.25, 0.3) is 0 Å². The molecule has 0 atom stereocenters. The fraction of sp³-hybridized carbons (Fsp3) is 0.167. The lowest BCUT2D eigenvalue weighted by atomic mass is 10.2. The van der Waals surface area contributed by atoms with E-state index in [2.05, 4.69) is 16.1 Å². The molecule has 0 aliphatic heterocycles. The second-order valence-electron chi connectivity index (χ2n) is 4.63. The number of methoxy groups -OCH3 is 1. The summed E-state index contributed by atoms with van der Waals surface area (Å²) in [7, 11) is 1.26. The summed E-state index contributed by atoms with van der Waals surface area (Å²) >= 11 is 0. The predicted molar refractivity (Wildman–Crippen MR) is 88.5 cm³/mol. The Bertz CT molecular complexity index is 688. The summed E-state index contributed by atoms with van der Waals surface area (Å²) in [4.78, 5) is 19.6. The van der Waals surface area contributed by atoms with Crippen molar-refractivity contribution in [1.29, 1.82) is 5.26 Å². The Labute approximate surface area is 140 Å². The summed E-state index contributed by atoms with van der Waals surface area (Å²) in [5.41, 5.74) is 1.84. The smallest absolute Gasteiger partial charge is 0.325 e. The molecular formula is C18H18N2O4. The Kier molecular flexibility index (Phi) is 8.12. The van der Waals surface area contributed by atoms with Crippen LogP contribution < -0.4 is 10.1 Å². The Morgan fingerprint density at radius 2 is 1.67 bits per heavy atom. The SMILES string of the molecule is COC(=O)CNC=O.Cc1ccc(Oc2ccc(C#N)cc2)cc1. The number of carbonyl (C=O) groups excluding carboxylic acids is 2. The molecule has 1 amide bonds. The van der Waals surface area contributed by atoms with Gasteiger partial charge in [0.1, 0.15) is 18.0 Å². The molecule has 2 rings (SSSR count). The van der Waals surface area contributed by atoms with Gasteiger partial charge in [-0.05, 0) is 43.3 Å². The average Bonchev–Trinajstić information content (AvgIpc) is 2.62. The van der Waals surface area contributed by atoms with Crippen molar-refractivity contribution >= 4 is 12.4 Å². The number of nitrogens with zero attached hydrogens (tertiary/aromatic N) is 1. The number of ether oxygens (including phenoxy) is 2. The molecule has 0 aromatic heterocycles. The highest BCUT2D eigenvalue weighted by molar-refractivity contribution is 5.73. The summed E-state index contributed by atoms with van der Waals surface area (Å²) < 4.78 is 9.82. The number of rotatable bonds is 5. The maximum Gasteiger partial charge on any atom is 0.325 e. The second-order valence-corrected chi connectivity index (χ2v) is 4.63. The number of esters is 1. The van der Waals surface area contributed by atoms with Crippen LogP contribution in [0.15, 0.2) is 48.5 Å². The lowest BCUT2D eigenvalue weighted by Gasteiger charge is -2.05. The molecule has 124 valence electrons. The summed E-state index contributed by atoms with van der Waals surface area (Å²) in [6, 6.07) is 17.0. The van der Waals surface area contributed by atoms with Gasteiger partial charge in [-0.3, -0.25) is 9.59 Å². The molecule has 1 N–H and O–H groups in total. The van der Waals surface area contributed by atoms with E-state index in [9.17, 15) is 9.59 Å². The number of amides is 1. The largest absolute Gasteiger partial charge is 0.468 e. The van der Waals surface area contributed by atoms with Gasteiger partial charge < -0.3 is 14.8 Å². The molecule has 0 bridgehead atoms. The predicted octanol–water partition coefficient (Wildman–Crippen LogP) is 2.56. The maximum absolute atomic E-state index is 10.1. The molecule has 0 aliphatic rings. The summed E-state index contributed by atoms with van der Waals surface area (Å²) in [6.07, 6.45) is 0.441. The molecule has 0 heterocycles. The van der Waals surface area contributed by atoms with Crippen LogP contribution in [0.2, 0.25) is 0 Å². The average molecular weight is 326 g/mol. The first kappa shape index (κ1) is 18.7. The van der Waals surface area contributed by atoms with E-state index in [-0.39, 0.29) is 6.54 Å². The van der Waals surface area contributed by atoms with E-state index in [0.29, 0.717) is 12.0 Å². The van der Waals surface area contributed by atoms with Crippen LogP contribution in [0, 0.1) is 18.3 Å². The van der Waals surface area contributed by atoms with Gasteiger partial charge in [-0.2, -0.15) is 5.26 Å². The first-order valence-electron chi connectivity index (χ1n) is 7.07. The molecule has 0 aliphatic carbocycles. The fourth-order valence-corrected chi connectivity index (χ4v) is 1.54. The third kappa shape index (κ3) is 7.09. The van der Waals surface area contributed by atoms with E-state index in [0.717, 1.165) is 11.5 Å². The molecule has 0 fully saturated rings. The zero-order valence-corrected chi connectivity index (χ0v) is 13.5. The maximum atomic E-state index is 10.1. The van der Waals surface area contributed by atoms with Crippen molar-refractivity contribution < 1.29 is 19.1 Å². The van der Waals surface area contributed by atoms with E-state index in [1.165, 1.54) is 12.7 Å². The van der Waals surface area contributed by atoms with Gasteiger partial charge in [0.05, 0.1) is 18.7 Å². The zero-order chi connectivity index (χ0) is 17.8. The van der Waals surface area contributed by atoms with Crippen molar-refractivity contribution in [2.75, 3.05) is 13.7 Å². The van der Waals surface area contributed by atoms with Crippen LogP contribution >= 0.6 is 0 Å². The lowest BCUT2D eigenvalue weighted by molar-refractivity contribution is -0.140. The van der Waals surface area contributed by atoms with Gasteiger partial charge in [-0.1, -0.05) is 17.7 Å². The molecule has 0 saturated carbocycles. The molecule has 0 radical (unpaired) electrons. The molecule has 0 saturated heterocycles. The van der Waals surface area contributed by atoms with Crippen molar-refractivity contribution in [3.63, 3.8) is 0 Å². The number of nitrogens with one attached hydrogen (secondary N) is 1. The molecule has 0 unspecified atom stereocenters. The summed E-state index contributed by atoms with van der Waals surface area (Å²) in [6.45, 7) is 1.98. The summed E-state index contributed by atoms with van der Waals surface area (Å²) in [5.74, 6) is 1.09. The minimum atomic E-state index is -0.447. The monoisotopic (exact) mass is 326 g/mol. The van der Waals surface area contributed by atoms with Gasteiger partial charge >= 0.3 is 5.97 Å². The number of nitriles is 1. The number of hydrogen-bond donors (Lipinski definition) is 1. The highest BCUT2D eigenvalue weighted by Crippen LogP contribution is 2.21. The highest BCUT2D eigenvalue weighted by Gasteiger charge is 1.97. The van der Waals surface area contributed by atoms with Crippen molar-refractivity contribution in [1.82, 2.24) is 5.32 Å². The number of aryl methyl sites for hydroxylation is 1. The molecule has 2 aromatic carbocycles. The third-order valence-corrected chi connectivity index (χ3v) is 2.80. The Balaban J connectivity index is 0.000000307. The second kappa shape index (κ2) is 10.4. The van der Waals surface area contributed by atoms with Gasteiger partial charge in [-0.25, -0.2) is 0 Å². The lowest BCUT2D eigenvalue weighted by Crippen LogP contribution is -2.21. The van der Waals surface area contributed by atoms with E-state index in [1.54, 1.807) is 24.3 Å². The van der Waals surface area contributed by atoms with Gasteiger partial charge in [0, 0.05) is 0 Å². The third-order valence-electron chi connectivity index (χ3n) is 2.80. The topological polar surface area (TPSA) is 88.4 Å². The van der Waals surface area contributed by atoms with E-state index in [1.807, 2.05) is 31.2 Å². The Hall–Kier alpha value is -3.33. The minimum absolute atomic E-state index is 0.0556. The number of carbonyl (C=O) groups is 2. The molecule has 24 heavy (non-hydrogen) atoms. The Morgan fingerprint density at radius 1 is 1.12 bits per heavy atom. The van der Waals surface area contributed by atoms with Crippen LogP contribution in [0.5, 0.6) is 11.5 Å². The first-order valence-corrected chi connectivity index (χ1v) is 7.07. The standard InChI is InChI=1S/C14H11NO.C4H7NO3/c1-11-2-6-13(7-3-11)16-14-8-4-12(10-15)5-9-14;1-8-4(7)2-5-3-6/h2-9H,1H3;3H,2H2,1H3,(H,5,6). The van der Waals surface area contributed by atoms with E-state index < -0.39 is 5.97 Å². The number of hydrogen-bond acceptors (Lipinski definition) is 5. The quantitative estimate of drug-likeness (QED) is 0.674. The van der Waals surface area contributed by atoms with Crippen LogP contribution in [0.3, 0.4) is 0 Å². The molecule has 6 heteroatoms. The summed E-state index contributed by atoms with van der Waals surface area (Å²) in [5, 5.41) is 10.8.